The van der Waals surface area contributed by atoms with Crippen LogP contribution in [0.4, 0.5) is 0 Å². The highest BCUT2D eigenvalue weighted by Crippen LogP contribution is 2.20. The Balaban J connectivity index is 0.00000131. The lowest BCUT2D eigenvalue weighted by Crippen LogP contribution is -2.49. The molecule has 3 heterocycles. The van der Waals surface area contributed by atoms with Gasteiger partial charge in [0.15, 0.2) is 0 Å². The maximum Gasteiger partial charge on any atom is 0.222 e. The van der Waals surface area contributed by atoms with Crippen molar-refractivity contribution in [3.63, 3.8) is 0 Å². The summed E-state index contributed by atoms with van der Waals surface area (Å²) in [7, 11) is 0. The summed E-state index contributed by atoms with van der Waals surface area (Å²) in [6, 6.07) is 10.8. The van der Waals surface area contributed by atoms with Crippen LogP contribution in [0.15, 0.2) is 36.5 Å². The number of amides is 1. The summed E-state index contributed by atoms with van der Waals surface area (Å²) in [5, 5.41) is 4.56. The van der Waals surface area contributed by atoms with Gasteiger partial charge >= 0.3 is 0 Å². The van der Waals surface area contributed by atoms with E-state index in [2.05, 4.69) is 26.2 Å². The number of likely N-dealkylation sites (tertiary alicyclic amines) is 1. The molecule has 2 aromatic rings. The Morgan fingerprint density at radius 1 is 1.11 bits per heavy atom. The average molecular weight is 411 g/mol. The number of aryl methyl sites for hydroxylation is 1. The SMILES string of the molecule is Cl.Cl.O=C(CCc1ccnc2ccccc12)N1CCC(N2CCNCC2)C1. The maximum atomic E-state index is 12.7. The Morgan fingerprint density at radius 3 is 2.70 bits per heavy atom. The number of nitrogens with one attached hydrogen (secondary N) is 1. The smallest absolute Gasteiger partial charge is 0.222 e. The number of hydrogen-bond donors (Lipinski definition) is 1. The molecule has 1 aromatic carbocycles. The van der Waals surface area contributed by atoms with Crippen molar-refractivity contribution < 1.29 is 4.79 Å². The summed E-state index contributed by atoms with van der Waals surface area (Å²) in [6.45, 7) is 6.16. The van der Waals surface area contributed by atoms with Gasteiger partial charge in [0.05, 0.1) is 5.52 Å². The number of piperazine rings is 1. The van der Waals surface area contributed by atoms with Gasteiger partial charge in [-0.2, -0.15) is 0 Å². The standard InChI is InChI=1S/C20H26N4O.2ClH/c25-20(24-12-8-17(15-24)23-13-10-21-11-14-23)6-5-16-7-9-22-19-4-2-1-3-18(16)19;;/h1-4,7,9,17,21H,5-6,8,10-15H2;2*1H. The number of carbonyl (C=O) groups is 1. The number of nitrogens with zero attached hydrogens (tertiary/aromatic N) is 3. The molecule has 1 unspecified atom stereocenters. The minimum absolute atomic E-state index is 0. The molecule has 1 aromatic heterocycles. The molecular weight excluding hydrogens is 383 g/mol. The van der Waals surface area contributed by atoms with Gasteiger partial charge in [-0.1, -0.05) is 18.2 Å². The summed E-state index contributed by atoms with van der Waals surface area (Å²) < 4.78 is 0. The van der Waals surface area contributed by atoms with E-state index in [9.17, 15) is 4.79 Å². The van der Waals surface area contributed by atoms with Gasteiger partial charge in [-0.3, -0.25) is 14.7 Å². The van der Waals surface area contributed by atoms with Gasteiger partial charge in [0.25, 0.3) is 0 Å². The summed E-state index contributed by atoms with van der Waals surface area (Å²) in [6.07, 6.45) is 4.33. The lowest BCUT2D eigenvalue weighted by atomic mass is 10.0. The van der Waals surface area contributed by atoms with E-state index in [0.29, 0.717) is 18.4 Å². The zero-order valence-electron chi connectivity index (χ0n) is 15.5. The second kappa shape index (κ2) is 10.2. The normalized spacial score (nSPS) is 20.1. The largest absolute Gasteiger partial charge is 0.341 e. The third-order valence-corrected chi connectivity index (χ3v) is 5.53. The minimum atomic E-state index is 0. The van der Waals surface area contributed by atoms with Crippen molar-refractivity contribution in [2.75, 3.05) is 39.3 Å². The summed E-state index contributed by atoms with van der Waals surface area (Å²) in [4.78, 5) is 21.7. The fraction of sp³-hybridized carbons (Fsp3) is 0.500. The summed E-state index contributed by atoms with van der Waals surface area (Å²) >= 11 is 0. The fourth-order valence-electron chi connectivity index (χ4n) is 4.09. The molecule has 7 heteroatoms. The van der Waals surface area contributed by atoms with E-state index in [4.69, 9.17) is 0 Å². The number of carbonyl (C=O) groups excluding carboxylic acids is 1. The van der Waals surface area contributed by atoms with Crippen molar-refractivity contribution in [2.45, 2.75) is 25.3 Å². The number of pyridine rings is 1. The summed E-state index contributed by atoms with van der Waals surface area (Å²) in [5.74, 6) is 0.290. The molecule has 0 saturated carbocycles. The van der Waals surface area contributed by atoms with E-state index >= 15 is 0 Å². The third-order valence-electron chi connectivity index (χ3n) is 5.53. The average Bonchev–Trinajstić information content (AvgIpc) is 3.17. The molecule has 1 amide bonds. The van der Waals surface area contributed by atoms with Crippen molar-refractivity contribution in [1.82, 2.24) is 20.1 Å². The molecule has 0 radical (unpaired) electrons. The highest BCUT2D eigenvalue weighted by Gasteiger charge is 2.30. The Labute approximate surface area is 173 Å². The third kappa shape index (κ3) is 5.11. The highest BCUT2D eigenvalue weighted by molar-refractivity contribution is 5.85. The molecular formula is C20H28Cl2N4O. The van der Waals surface area contributed by atoms with Gasteiger partial charge in [-0.15, -0.1) is 24.8 Å². The predicted molar refractivity (Wildman–Crippen MR) is 114 cm³/mol. The predicted octanol–water partition coefficient (Wildman–Crippen LogP) is 2.52. The Bertz CT molecular complexity index is 746. The number of benzene rings is 1. The maximum absolute atomic E-state index is 12.7. The number of aromatic nitrogens is 1. The van der Waals surface area contributed by atoms with Crippen molar-refractivity contribution in [3.8, 4) is 0 Å². The fourth-order valence-corrected chi connectivity index (χ4v) is 4.09. The van der Waals surface area contributed by atoms with E-state index in [0.717, 1.165) is 63.0 Å². The van der Waals surface area contributed by atoms with Crippen LogP contribution in [0.25, 0.3) is 10.9 Å². The van der Waals surface area contributed by atoms with E-state index in [1.165, 1.54) is 5.56 Å². The van der Waals surface area contributed by atoms with E-state index in [1.54, 1.807) is 0 Å². The lowest BCUT2D eigenvalue weighted by Gasteiger charge is -2.32. The van der Waals surface area contributed by atoms with Crippen LogP contribution in [0.5, 0.6) is 0 Å². The van der Waals surface area contributed by atoms with Crippen LogP contribution >= 0.6 is 24.8 Å². The van der Waals surface area contributed by atoms with Crippen LogP contribution in [0.3, 0.4) is 0 Å². The number of hydrogen-bond acceptors (Lipinski definition) is 4. The molecule has 0 bridgehead atoms. The molecule has 148 valence electrons. The molecule has 0 aliphatic carbocycles. The minimum Gasteiger partial charge on any atom is -0.341 e. The van der Waals surface area contributed by atoms with Crippen LogP contribution in [0.1, 0.15) is 18.4 Å². The van der Waals surface area contributed by atoms with Crippen LogP contribution in [0, 0.1) is 0 Å². The van der Waals surface area contributed by atoms with Crippen molar-refractivity contribution >= 4 is 41.6 Å². The van der Waals surface area contributed by atoms with Gasteiger partial charge in [-0.05, 0) is 30.5 Å². The van der Waals surface area contributed by atoms with Crippen LogP contribution < -0.4 is 5.32 Å². The zero-order chi connectivity index (χ0) is 17.1. The molecule has 4 rings (SSSR count). The van der Waals surface area contributed by atoms with Gasteiger partial charge in [0.1, 0.15) is 0 Å². The first-order chi connectivity index (χ1) is 12.3. The molecule has 1 N–H and O–H groups in total. The van der Waals surface area contributed by atoms with E-state index in [1.807, 2.05) is 30.5 Å². The monoisotopic (exact) mass is 410 g/mol. The number of rotatable bonds is 4. The second-order valence-electron chi connectivity index (χ2n) is 7.06. The molecule has 0 spiro atoms. The van der Waals surface area contributed by atoms with Crippen LogP contribution in [0.2, 0.25) is 0 Å². The van der Waals surface area contributed by atoms with Gasteiger partial charge in [-0.25, -0.2) is 0 Å². The van der Waals surface area contributed by atoms with E-state index < -0.39 is 0 Å². The van der Waals surface area contributed by atoms with Crippen molar-refractivity contribution in [1.29, 1.82) is 0 Å². The van der Waals surface area contributed by atoms with E-state index in [-0.39, 0.29) is 24.8 Å². The molecule has 2 aliphatic rings. The number of fused-ring (bicyclic) bond motifs is 1. The van der Waals surface area contributed by atoms with Crippen LogP contribution in [-0.2, 0) is 11.2 Å². The Hall–Kier alpha value is -1.40. The van der Waals surface area contributed by atoms with Gasteiger partial charge in [0.2, 0.25) is 5.91 Å². The second-order valence-corrected chi connectivity index (χ2v) is 7.06. The first-order valence-electron chi connectivity index (χ1n) is 9.36. The Morgan fingerprint density at radius 2 is 1.89 bits per heavy atom. The topological polar surface area (TPSA) is 48.5 Å². The quantitative estimate of drug-likeness (QED) is 0.840. The number of halogens is 2. The Kier molecular flexibility index (Phi) is 8.29. The number of para-hydroxylation sites is 1. The first kappa shape index (κ1) is 21.9. The van der Waals surface area contributed by atoms with Crippen LogP contribution in [-0.4, -0.2) is 66.0 Å². The van der Waals surface area contributed by atoms with Crippen molar-refractivity contribution in [2.24, 2.45) is 0 Å². The molecule has 1 atom stereocenters. The highest BCUT2D eigenvalue weighted by atomic mass is 35.5. The summed E-state index contributed by atoms with van der Waals surface area (Å²) in [5.41, 5.74) is 2.23. The lowest BCUT2D eigenvalue weighted by molar-refractivity contribution is -0.130. The first-order valence-corrected chi connectivity index (χ1v) is 9.36. The zero-order valence-corrected chi connectivity index (χ0v) is 17.1. The van der Waals surface area contributed by atoms with Gasteiger partial charge in [0, 0.05) is 63.3 Å². The molecule has 27 heavy (non-hydrogen) atoms. The van der Waals surface area contributed by atoms with Crippen molar-refractivity contribution in [3.05, 3.63) is 42.1 Å². The molecule has 2 saturated heterocycles. The molecule has 2 fully saturated rings. The molecule has 5 nitrogen and oxygen atoms in total. The van der Waals surface area contributed by atoms with Gasteiger partial charge < -0.3 is 10.2 Å². The molecule has 2 aliphatic heterocycles.